The SMILES string of the molecule is CSCC(=O)N1CCc2c(c(-c3ccc(C(F)(F)F)c(SCCN4CCC(F)CC4)c3)nn2CC(O)CN2CCCCC2)C1. The highest BCUT2D eigenvalue weighted by molar-refractivity contribution is 7.99. The summed E-state index contributed by atoms with van der Waals surface area (Å²) in [5.74, 6) is 0.833. The van der Waals surface area contributed by atoms with Crippen LogP contribution in [0.1, 0.15) is 48.9 Å². The van der Waals surface area contributed by atoms with Gasteiger partial charge in [-0.05, 0) is 57.2 Å². The smallest absolute Gasteiger partial charge is 0.390 e. The van der Waals surface area contributed by atoms with Crippen LogP contribution >= 0.6 is 23.5 Å². The summed E-state index contributed by atoms with van der Waals surface area (Å²) >= 11 is 2.62. The number of amides is 1. The second-order valence-electron chi connectivity index (χ2n) is 12.0. The average molecular weight is 658 g/mol. The average Bonchev–Trinajstić information content (AvgIpc) is 3.35. The molecule has 2 saturated heterocycles. The molecule has 2 fully saturated rings. The van der Waals surface area contributed by atoms with Gasteiger partial charge in [0.2, 0.25) is 5.91 Å². The van der Waals surface area contributed by atoms with E-state index in [1.807, 2.05) is 10.9 Å². The first kappa shape index (κ1) is 33.6. The summed E-state index contributed by atoms with van der Waals surface area (Å²) in [6.45, 7) is 5.46. The second kappa shape index (κ2) is 15.2. The summed E-state index contributed by atoms with van der Waals surface area (Å²) in [6.07, 6.45) is 0.887. The van der Waals surface area contributed by atoms with Crippen molar-refractivity contribution in [2.45, 2.75) is 75.0 Å². The first-order valence-corrected chi connectivity index (χ1v) is 18.0. The largest absolute Gasteiger partial charge is 0.417 e. The van der Waals surface area contributed by atoms with Crippen LogP contribution in [-0.4, -0.2) is 111 Å². The predicted octanol–water partition coefficient (Wildman–Crippen LogP) is 5.19. The van der Waals surface area contributed by atoms with Gasteiger partial charge in [0.05, 0.1) is 29.7 Å². The molecule has 1 atom stereocenters. The Hall–Kier alpha value is -1.80. The van der Waals surface area contributed by atoms with Crippen molar-refractivity contribution in [2.75, 3.05) is 63.6 Å². The number of aromatic nitrogens is 2. The molecule has 1 N–H and O–H groups in total. The summed E-state index contributed by atoms with van der Waals surface area (Å²) in [7, 11) is 0. The zero-order valence-electron chi connectivity index (χ0n) is 25.3. The highest BCUT2D eigenvalue weighted by atomic mass is 32.2. The van der Waals surface area contributed by atoms with Gasteiger partial charge in [-0.15, -0.1) is 11.8 Å². The number of aliphatic hydroxyl groups excluding tert-OH is 1. The third-order valence-corrected chi connectivity index (χ3v) is 10.4. The lowest BCUT2D eigenvalue weighted by molar-refractivity contribution is -0.139. The maximum absolute atomic E-state index is 14.1. The van der Waals surface area contributed by atoms with E-state index in [2.05, 4.69) is 9.80 Å². The summed E-state index contributed by atoms with van der Waals surface area (Å²) < 4.78 is 57.6. The number of hydrogen-bond donors (Lipinski definition) is 1. The molecular formula is C31H43F4N5O2S2. The van der Waals surface area contributed by atoms with Crippen molar-refractivity contribution in [1.29, 1.82) is 0 Å². The number of alkyl halides is 4. The predicted molar refractivity (Wildman–Crippen MR) is 168 cm³/mol. The topological polar surface area (TPSA) is 64.8 Å². The Balaban J connectivity index is 1.41. The number of halogens is 4. The molecule has 3 aliphatic rings. The van der Waals surface area contributed by atoms with Crippen LogP contribution in [0, 0.1) is 0 Å². The molecule has 3 aliphatic heterocycles. The van der Waals surface area contributed by atoms with Gasteiger partial charge in [0.15, 0.2) is 0 Å². The number of rotatable bonds is 11. The second-order valence-corrected chi connectivity index (χ2v) is 14.0. The monoisotopic (exact) mass is 657 g/mol. The highest BCUT2D eigenvalue weighted by Crippen LogP contribution is 2.40. The number of β-amino-alcohol motifs (C(OH)–C–C–N with tert-alkyl or cyclic N) is 1. The number of hydrogen-bond acceptors (Lipinski definition) is 7. The number of aliphatic hydroxyl groups is 1. The van der Waals surface area contributed by atoms with E-state index < -0.39 is 24.0 Å². The summed E-state index contributed by atoms with van der Waals surface area (Å²) in [4.78, 5) is 19.1. The zero-order valence-corrected chi connectivity index (χ0v) is 27.0. The molecule has 1 amide bonds. The normalized spacial score (nSPS) is 19.7. The van der Waals surface area contributed by atoms with Gasteiger partial charge >= 0.3 is 6.18 Å². The molecule has 0 aliphatic carbocycles. The van der Waals surface area contributed by atoms with Gasteiger partial charge in [-0.25, -0.2) is 4.39 Å². The van der Waals surface area contributed by atoms with Crippen LogP contribution in [-0.2, 0) is 30.5 Å². The van der Waals surface area contributed by atoms with Gasteiger partial charge in [0, 0.05) is 73.2 Å². The lowest BCUT2D eigenvalue weighted by Gasteiger charge is -2.30. The zero-order chi connectivity index (χ0) is 31.3. The van der Waals surface area contributed by atoms with E-state index in [0.29, 0.717) is 81.3 Å². The molecule has 244 valence electrons. The van der Waals surface area contributed by atoms with E-state index in [1.54, 1.807) is 11.0 Å². The third-order valence-electron chi connectivity index (χ3n) is 8.80. The van der Waals surface area contributed by atoms with E-state index in [4.69, 9.17) is 5.10 Å². The number of carbonyl (C=O) groups is 1. The molecule has 0 radical (unpaired) electrons. The van der Waals surface area contributed by atoms with Crippen LogP contribution in [0.2, 0.25) is 0 Å². The minimum absolute atomic E-state index is 0.0208. The van der Waals surface area contributed by atoms with Gasteiger partial charge in [-0.3, -0.25) is 9.48 Å². The van der Waals surface area contributed by atoms with Crippen molar-refractivity contribution in [3.05, 3.63) is 35.0 Å². The summed E-state index contributed by atoms with van der Waals surface area (Å²) in [6, 6.07) is 4.17. The molecular weight excluding hydrogens is 614 g/mol. The van der Waals surface area contributed by atoms with Crippen LogP contribution < -0.4 is 0 Å². The fourth-order valence-electron chi connectivity index (χ4n) is 6.43. The molecule has 1 unspecified atom stereocenters. The molecule has 13 heteroatoms. The van der Waals surface area contributed by atoms with E-state index >= 15 is 0 Å². The van der Waals surface area contributed by atoms with Crippen LogP contribution in [0.25, 0.3) is 11.3 Å². The molecule has 0 bridgehead atoms. The number of fused-ring (bicyclic) bond motifs is 1. The molecule has 4 heterocycles. The van der Waals surface area contributed by atoms with Crippen LogP contribution in [0.5, 0.6) is 0 Å². The molecule has 0 saturated carbocycles. The Morgan fingerprint density at radius 1 is 1.07 bits per heavy atom. The molecule has 5 rings (SSSR count). The maximum Gasteiger partial charge on any atom is 0.417 e. The Labute approximate surface area is 265 Å². The van der Waals surface area contributed by atoms with Crippen LogP contribution in [0.3, 0.4) is 0 Å². The van der Waals surface area contributed by atoms with E-state index in [9.17, 15) is 27.5 Å². The van der Waals surface area contributed by atoms with Gasteiger partial charge in [0.1, 0.15) is 6.17 Å². The Bertz CT molecular complexity index is 1260. The van der Waals surface area contributed by atoms with Gasteiger partial charge in [-0.1, -0.05) is 12.5 Å². The van der Waals surface area contributed by atoms with Crippen molar-refractivity contribution in [3.8, 4) is 11.3 Å². The van der Waals surface area contributed by atoms with E-state index in [0.717, 1.165) is 55.0 Å². The third kappa shape index (κ3) is 8.51. The number of thioether (sulfide) groups is 2. The van der Waals surface area contributed by atoms with Gasteiger partial charge < -0.3 is 19.8 Å². The Kier molecular flexibility index (Phi) is 11.6. The first-order chi connectivity index (χ1) is 21.1. The lowest BCUT2D eigenvalue weighted by atomic mass is 9.99. The first-order valence-electron chi connectivity index (χ1n) is 15.6. The number of likely N-dealkylation sites (tertiary alicyclic amines) is 2. The van der Waals surface area contributed by atoms with Gasteiger partial charge in [0.25, 0.3) is 0 Å². The minimum atomic E-state index is -4.51. The number of benzene rings is 1. The number of carbonyl (C=O) groups excluding carboxylic acids is 1. The van der Waals surface area contributed by atoms with Crippen LogP contribution in [0.15, 0.2) is 23.1 Å². The van der Waals surface area contributed by atoms with Crippen molar-refractivity contribution in [3.63, 3.8) is 0 Å². The summed E-state index contributed by atoms with van der Waals surface area (Å²) in [5, 5.41) is 15.9. The fraction of sp³-hybridized carbons (Fsp3) is 0.677. The molecule has 0 spiro atoms. The van der Waals surface area contributed by atoms with E-state index in [-0.39, 0.29) is 17.3 Å². The van der Waals surface area contributed by atoms with Gasteiger partial charge in [-0.2, -0.15) is 30.0 Å². The van der Waals surface area contributed by atoms with Crippen molar-refractivity contribution >= 4 is 29.4 Å². The van der Waals surface area contributed by atoms with Crippen molar-refractivity contribution in [1.82, 2.24) is 24.5 Å². The van der Waals surface area contributed by atoms with Crippen molar-refractivity contribution in [2.24, 2.45) is 0 Å². The Morgan fingerprint density at radius 2 is 1.82 bits per heavy atom. The molecule has 1 aromatic carbocycles. The standard InChI is InChI=1S/C31H43F4N5O2S2/c1-43-21-29(42)39-14-9-27-25(20-39)30(36-40(27)19-24(41)18-38-10-3-2-4-11-38)22-5-6-26(31(33,34)35)28(17-22)44-16-15-37-12-7-23(32)8-13-37/h5-6,17,23-24,41H,2-4,7-16,18-21H2,1H3. The molecule has 1 aromatic heterocycles. The van der Waals surface area contributed by atoms with Crippen LogP contribution in [0.4, 0.5) is 17.6 Å². The maximum atomic E-state index is 14.1. The molecule has 2 aromatic rings. The van der Waals surface area contributed by atoms with Crippen molar-refractivity contribution < 1.29 is 27.5 Å². The lowest BCUT2D eigenvalue weighted by Crippen LogP contribution is -2.39. The minimum Gasteiger partial charge on any atom is -0.390 e. The highest BCUT2D eigenvalue weighted by Gasteiger charge is 2.35. The quantitative estimate of drug-likeness (QED) is 0.264. The number of nitrogens with zero attached hydrogens (tertiary/aromatic N) is 5. The Morgan fingerprint density at radius 3 is 2.52 bits per heavy atom. The van der Waals surface area contributed by atoms with E-state index in [1.165, 1.54) is 24.2 Å². The number of piperidine rings is 2. The summed E-state index contributed by atoms with van der Waals surface area (Å²) in [5.41, 5.74) is 2.21. The molecule has 44 heavy (non-hydrogen) atoms. The molecule has 7 nitrogen and oxygen atoms in total. The fourth-order valence-corrected chi connectivity index (χ4v) is 7.98.